The molecule has 0 fully saturated rings. The first-order chi connectivity index (χ1) is 8.97. The number of aromatic nitrogens is 2. The highest BCUT2D eigenvalue weighted by Crippen LogP contribution is 2.21. The lowest BCUT2D eigenvalue weighted by Crippen LogP contribution is -2.27. The average molecular weight is 297 g/mol. The summed E-state index contributed by atoms with van der Waals surface area (Å²) in [5, 5.41) is 3.92. The molecular formula is C12H13ClN4OS. The van der Waals surface area contributed by atoms with Crippen LogP contribution in [0.4, 0.5) is 5.69 Å². The van der Waals surface area contributed by atoms with Gasteiger partial charge in [-0.15, -0.1) is 11.3 Å². The second-order valence-electron chi connectivity index (χ2n) is 4.10. The van der Waals surface area contributed by atoms with Crippen molar-refractivity contribution in [3.05, 3.63) is 39.1 Å². The van der Waals surface area contributed by atoms with Gasteiger partial charge in [0.15, 0.2) is 0 Å². The van der Waals surface area contributed by atoms with E-state index in [1.54, 1.807) is 17.5 Å². The van der Waals surface area contributed by atoms with Crippen LogP contribution in [0.15, 0.2) is 18.5 Å². The van der Waals surface area contributed by atoms with Gasteiger partial charge in [0, 0.05) is 11.1 Å². The molecule has 0 aliphatic rings. The van der Waals surface area contributed by atoms with Gasteiger partial charge < -0.3 is 11.1 Å². The summed E-state index contributed by atoms with van der Waals surface area (Å²) in [5.41, 5.74) is 6.33. The fraction of sp³-hybridized carbons (Fsp3) is 0.250. The van der Waals surface area contributed by atoms with Gasteiger partial charge in [0.25, 0.3) is 5.91 Å². The molecule has 2 aromatic rings. The van der Waals surface area contributed by atoms with E-state index in [4.69, 9.17) is 17.3 Å². The van der Waals surface area contributed by atoms with Crippen LogP contribution in [0.1, 0.15) is 33.2 Å². The SMILES string of the molecule is Cc1cnc(C(C)NC(=O)c2cc(Cl)ncc2N)s1. The lowest BCUT2D eigenvalue weighted by Gasteiger charge is -2.12. The number of rotatable bonds is 3. The predicted octanol–water partition coefficient (Wildman–Crippen LogP) is 2.57. The fourth-order valence-electron chi connectivity index (χ4n) is 1.55. The molecule has 19 heavy (non-hydrogen) atoms. The Morgan fingerprint density at radius 3 is 2.84 bits per heavy atom. The first-order valence-electron chi connectivity index (χ1n) is 5.61. The molecule has 0 saturated carbocycles. The van der Waals surface area contributed by atoms with E-state index in [1.165, 1.54) is 12.3 Å². The van der Waals surface area contributed by atoms with Crippen LogP contribution in [0.5, 0.6) is 0 Å². The van der Waals surface area contributed by atoms with Crippen molar-refractivity contribution in [1.82, 2.24) is 15.3 Å². The van der Waals surface area contributed by atoms with Crippen LogP contribution in [-0.4, -0.2) is 15.9 Å². The Balaban J connectivity index is 2.15. The second kappa shape index (κ2) is 5.54. The minimum atomic E-state index is -0.290. The maximum absolute atomic E-state index is 12.1. The van der Waals surface area contributed by atoms with Gasteiger partial charge in [-0.2, -0.15) is 0 Å². The summed E-state index contributed by atoms with van der Waals surface area (Å²) in [6.45, 7) is 3.84. The smallest absolute Gasteiger partial charge is 0.254 e. The lowest BCUT2D eigenvalue weighted by atomic mass is 10.2. The number of thiazole rings is 1. The molecule has 1 unspecified atom stereocenters. The number of pyridine rings is 1. The molecule has 0 saturated heterocycles. The van der Waals surface area contributed by atoms with Crippen molar-refractivity contribution in [1.29, 1.82) is 0 Å². The van der Waals surface area contributed by atoms with Gasteiger partial charge in [-0.3, -0.25) is 4.79 Å². The van der Waals surface area contributed by atoms with Crippen molar-refractivity contribution < 1.29 is 4.79 Å². The normalized spacial score (nSPS) is 12.2. The Morgan fingerprint density at radius 2 is 2.21 bits per heavy atom. The second-order valence-corrected chi connectivity index (χ2v) is 5.75. The van der Waals surface area contributed by atoms with Gasteiger partial charge in [-0.1, -0.05) is 11.6 Å². The van der Waals surface area contributed by atoms with E-state index < -0.39 is 0 Å². The third-order valence-electron chi connectivity index (χ3n) is 2.50. The summed E-state index contributed by atoms with van der Waals surface area (Å²) in [5.74, 6) is -0.290. The number of halogens is 1. The van der Waals surface area contributed by atoms with Crippen LogP contribution in [0.25, 0.3) is 0 Å². The maximum Gasteiger partial charge on any atom is 0.254 e. The number of aryl methyl sites for hydroxylation is 1. The summed E-state index contributed by atoms with van der Waals surface area (Å²) < 4.78 is 0. The molecule has 100 valence electrons. The van der Waals surface area contributed by atoms with E-state index in [9.17, 15) is 4.79 Å². The number of carbonyl (C=O) groups is 1. The number of carbonyl (C=O) groups excluding carboxylic acids is 1. The molecule has 0 bridgehead atoms. The number of hydrogen-bond acceptors (Lipinski definition) is 5. The Labute approximate surface area is 119 Å². The van der Waals surface area contributed by atoms with E-state index in [1.807, 2.05) is 13.8 Å². The Hall–Kier alpha value is -1.66. The average Bonchev–Trinajstić information content (AvgIpc) is 2.79. The first kappa shape index (κ1) is 13.8. The molecule has 1 amide bonds. The number of anilines is 1. The standard InChI is InChI=1S/C12H13ClN4OS/c1-6-4-16-12(19-6)7(2)17-11(18)8-3-10(13)15-5-9(8)14/h3-5,7H,14H2,1-2H3,(H,17,18). The number of nitrogens with zero attached hydrogens (tertiary/aromatic N) is 2. The molecule has 5 nitrogen and oxygen atoms in total. The lowest BCUT2D eigenvalue weighted by molar-refractivity contribution is 0.0940. The summed E-state index contributed by atoms with van der Waals surface area (Å²) in [4.78, 5) is 21.3. The third kappa shape index (κ3) is 3.21. The molecule has 1 atom stereocenters. The van der Waals surface area contributed by atoms with Gasteiger partial charge in [0.05, 0.1) is 23.5 Å². The van der Waals surface area contributed by atoms with E-state index in [-0.39, 0.29) is 17.1 Å². The van der Waals surface area contributed by atoms with E-state index >= 15 is 0 Å². The molecule has 0 spiro atoms. The van der Waals surface area contributed by atoms with Crippen molar-refractivity contribution in [2.24, 2.45) is 0 Å². The Bertz CT molecular complexity index is 614. The molecule has 0 aromatic carbocycles. The largest absolute Gasteiger partial charge is 0.397 e. The summed E-state index contributed by atoms with van der Waals surface area (Å²) in [6.07, 6.45) is 3.15. The van der Waals surface area contributed by atoms with E-state index in [0.29, 0.717) is 11.3 Å². The van der Waals surface area contributed by atoms with Crippen molar-refractivity contribution in [3.8, 4) is 0 Å². The summed E-state index contributed by atoms with van der Waals surface area (Å²) >= 11 is 7.31. The van der Waals surface area contributed by atoms with Crippen LogP contribution in [-0.2, 0) is 0 Å². The monoisotopic (exact) mass is 296 g/mol. The zero-order valence-corrected chi connectivity index (χ0v) is 12.0. The number of nitrogens with two attached hydrogens (primary N) is 1. The topological polar surface area (TPSA) is 80.9 Å². The van der Waals surface area contributed by atoms with Crippen LogP contribution < -0.4 is 11.1 Å². The summed E-state index contributed by atoms with van der Waals surface area (Å²) in [7, 11) is 0. The minimum absolute atomic E-state index is 0.183. The molecule has 0 aliphatic carbocycles. The van der Waals surface area contributed by atoms with Crippen molar-refractivity contribution in [2.45, 2.75) is 19.9 Å². The van der Waals surface area contributed by atoms with Gasteiger partial charge in [0.1, 0.15) is 10.2 Å². The van der Waals surface area contributed by atoms with Crippen molar-refractivity contribution in [3.63, 3.8) is 0 Å². The predicted molar refractivity (Wildman–Crippen MR) is 76.4 cm³/mol. The van der Waals surface area contributed by atoms with Crippen molar-refractivity contribution >= 4 is 34.5 Å². The van der Waals surface area contributed by atoms with Gasteiger partial charge in [-0.25, -0.2) is 9.97 Å². The van der Waals surface area contributed by atoms with Gasteiger partial charge >= 0.3 is 0 Å². The quantitative estimate of drug-likeness (QED) is 0.853. The maximum atomic E-state index is 12.1. The van der Waals surface area contributed by atoms with E-state index in [2.05, 4.69) is 15.3 Å². The highest BCUT2D eigenvalue weighted by Gasteiger charge is 2.16. The van der Waals surface area contributed by atoms with Crippen LogP contribution in [0.2, 0.25) is 5.15 Å². The van der Waals surface area contributed by atoms with Gasteiger partial charge in [-0.05, 0) is 19.9 Å². The number of amides is 1. The van der Waals surface area contributed by atoms with Crippen LogP contribution in [0.3, 0.4) is 0 Å². The zero-order chi connectivity index (χ0) is 14.0. The molecule has 0 aliphatic heterocycles. The molecule has 2 heterocycles. The van der Waals surface area contributed by atoms with Crippen molar-refractivity contribution in [2.75, 3.05) is 5.73 Å². The van der Waals surface area contributed by atoms with E-state index in [0.717, 1.165) is 9.88 Å². The molecule has 0 radical (unpaired) electrons. The zero-order valence-electron chi connectivity index (χ0n) is 10.5. The van der Waals surface area contributed by atoms with Gasteiger partial charge in [0.2, 0.25) is 0 Å². The number of nitrogens with one attached hydrogen (secondary N) is 1. The fourth-order valence-corrected chi connectivity index (χ4v) is 2.48. The Morgan fingerprint density at radius 1 is 1.47 bits per heavy atom. The summed E-state index contributed by atoms with van der Waals surface area (Å²) in [6, 6.07) is 1.27. The highest BCUT2D eigenvalue weighted by molar-refractivity contribution is 7.11. The number of nitrogen functional groups attached to an aromatic ring is 1. The van der Waals surface area contributed by atoms with Crippen LogP contribution in [0, 0.1) is 6.92 Å². The molecular weight excluding hydrogens is 284 g/mol. The Kier molecular flexibility index (Phi) is 4.01. The minimum Gasteiger partial charge on any atom is -0.397 e. The third-order valence-corrected chi connectivity index (χ3v) is 3.81. The molecule has 2 rings (SSSR count). The number of hydrogen-bond donors (Lipinski definition) is 2. The molecule has 3 N–H and O–H groups in total. The first-order valence-corrected chi connectivity index (χ1v) is 6.81. The molecule has 7 heteroatoms. The molecule has 2 aromatic heterocycles. The van der Waals surface area contributed by atoms with Crippen LogP contribution >= 0.6 is 22.9 Å². The highest BCUT2D eigenvalue weighted by atomic mass is 35.5.